The number of benzene rings is 2. The van der Waals surface area contributed by atoms with Crippen molar-refractivity contribution in [1.29, 1.82) is 0 Å². The van der Waals surface area contributed by atoms with Gasteiger partial charge < -0.3 is 9.47 Å². The maximum absolute atomic E-state index is 12.9. The molecule has 0 aliphatic carbocycles. The van der Waals surface area contributed by atoms with Crippen LogP contribution < -0.4 is 9.44 Å². The summed E-state index contributed by atoms with van der Waals surface area (Å²) >= 11 is 0. The Morgan fingerprint density at radius 3 is 1.53 bits per heavy atom. The number of hydrogen-bond acceptors (Lipinski definition) is 6. The van der Waals surface area contributed by atoms with Gasteiger partial charge in [0.05, 0.1) is 22.0 Å². The number of nitrogens with one attached hydrogen (secondary N) is 2. The van der Waals surface area contributed by atoms with Crippen LogP contribution in [0.25, 0.3) is 10.8 Å². The molecule has 0 radical (unpaired) electrons. The smallest absolute Gasteiger partial charge is 0.241 e. The molecule has 2 aliphatic heterocycles. The van der Waals surface area contributed by atoms with Gasteiger partial charge in [0, 0.05) is 37.1 Å². The van der Waals surface area contributed by atoms with E-state index >= 15 is 0 Å². The van der Waals surface area contributed by atoms with E-state index in [0.29, 0.717) is 24.0 Å². The lowest BCUT2D eigenvalue weighted by Crippen LogP contribution is -2.32. The largest absolute Gasteiger partial charge is 0.377 e. The van der Waals surface area contributed by atoms with Crippen LogP contribution in [0.15, 0.2) is 46.2 Å². The van der Waals surface area contributed by atoms with Crippen LogP contribution in [0.5, 0.6) is 0 Å². The molecule has 8 nitrogen and oxygen atoms in total. The molecule has 2 fully saturated rings. The van der Waals surface area contributed by atoms with E-state index in [1.54, 1.807) is 24.3 Å². The first-order valence-corrected chi connectivity index (χ1v) is 13.1. The zero-order valence-electron chi connectivity index (χ0n) is 16.5. The van der Waals surface area contributed by atoms with Crippen LogP contribution >= 0.6 is 0 Å². The summed E-state index contributed by atoms with van der Waals surface area (Å²) in [5.41, 5.74) is 0. The van der Waals surface area contributed by atoms with Crippen molar-refractivity contribution < 1.29 is 26.3 Å². The van der Waals surface area contributed by atoms with E-state index in [4.69, 9.17) is 9.47 Å². The normalized spacial score (nSPS) is 22.7. The Kier molecular flexibility index (Phi) is 6.42. The minimum absolute atomic E-state index is 0.0502. The summed E-state index contributed by atoms with van der Waals surface area (Å²) in [5.74, 6) is 0. The summed E-state index contributed by atoms with van der Waals surface area (Å²) in [6.45, 7) is 1.67. The maximum Gasteiger partial charge on any atom is 0.241 e. The second kappa shape index (κ2) is 8.89. The van der Waals surface area contributed by atoms with Crippen LogP contribution in [-0.4, -0.2) is 55.3 Å². The molecule has 0 aromatic heterocycles. The van der Waals surface area contributed by atoms with Crippen molar-refractivity contribution in [3.8, 4) is 0 Å². The lowest BCUT2D eigenvalue weighted by Gasteiger charge is -2.15. The third kappa shape index (κ3) is 4.68. The fraction of sp³-hybridized carbons (Fsp3) is 0.500. The van der Waals surface area contributed by atoms with E-state index < -0.39 is 20.0 Å². The number of rotatable bonds is 8. The minimum atomic E-state index is -3.83. The van der Waals surface area contributed by atoms with Crippen LogP contribution in [0.3, 0.4) is 0 Å². The van der Waals surface area contributed by atoms with Gasteiger partial charge in [-0.2, -0.15) is 0 Å². The summed E-state index contributed by atoms with van der Waals surface area (Å²) in [6, 6.07) is 9.32. The SMILES string of the molecule is O=S(=O)(NC[C@H]1CCCO1)c1cccc2c(S(=O)(=O)NC[C@@H]3CCCO3)cccc12. The molecule has 0 unspecified atom stereocenters. The lowest BCUT2D eigenvalue weighted by atomic mass is 10.1. The van der Waals surface area contributed by atoms with Gasteiger partial charge in [0.2, 0.25) is 20.0 Å². The number of sulfonamides is 2. The average Bonchev–Trinajstić information content (AvgIpc) is 3.44. The zero-order valence-corrected chi connectivity index (χ0v) is 18.2. The van der Waals surface area contributed by atoms with Gasteiger partial charge in [-0.05, 0) is 37.8 Å². The first kappa shape index (κ1) is 21.7. The first-order valence-electron chi connectivity index (χ1n) is 10.1. The Morgan fingerprint density at radius 2 is 1.17 bits per heavy atom. The van der Waals surface area contributed by atoms with Crippen molar-refractivity contribution in [3.05, 3.63) is 36.4 Å². The van der Waals surface area contributed by atoms with E-state index in [0.717, 1.165) is 25.7 Å². The molecule has 2 heterocycles. The first-order chi connectivity index (χ1) is 14.4. The fourth-order valence-corrected chi connectivity index (χ4v) is 6.46. The van der Waals surface area contributed by atoms with Gasteiger partial charge in [0.25, 0.3) is 0 Å². The molecule has 0 spiro atoms. The molecule has 2 aliphatic rings. The van der Waals surface area contributed by atoms with E-state index in [1.165, 1.54) is 12.1 Å². The molecular weight excluding hydrogens is 428 g/mol. The van der Waals surface area contributed by atoms with Crippen LogP contribution in [0.4, 0.5) is 0 Å². The summed E-state index contributed by atoms with van der Waals surface area (Å²) in [6.07, 6.45) is 3.20. The second-order valence-corrected chi connectivity index (χ2v) is 11.1. The molecule has 0 saturated carbocycles. The van der Waals surface area contributed by atoms with Crippen LogP contribution in [0.2, 0.25) is 0 Å². The monoisotopic (exact) mass is 454 g/mol. The van der Waals surface area contributed by atoms with Crippen molar-refractivity contribution in [2.45, 2.75) is 47.7 Å². The Hall–Kier alpha value is -1.56. The van der Waals surface area contributed by atoms with E-state index in [1.807, 2.05) is 0 Å². The van der Waals surface area contributed by atoms with Gasteiger partial charge in [-0.1, -0.05) is 24.3 Å². The number of ether oxygens (including phenoxy) is 2. The van der Waals surface area contributed by atoms with Gasteiger partial charge in [-0.3, -0.25) is 0 Å². The third-order valence-corrected chi connectivity index (χ3v) is 8.43. The molecule has 0 amide bonds. The molecule has 164 valence electrons. The summed E-state index contributed by atoms with van der Waals surface area (Å²) < 4.78 is 67.8. The van der Waals surface area contributed by atoms with Gasteiger partial charge in [0.1, 0.15) is 0 Å². The highest BCUT2D eigenvalue weighted by Gasteiger charge is 2.25. The standard InChI is InChI=1S/C20H26N2O6S2/c23-29(24,21-13-15-5-3-11-27-15)19-9-1-7-17-18(19)8-2-10-20(17)30(25,26)22-14-16-6-4-12-28-16/h1-2,7-10,15-16,21-22H,3-6,11-14H2/t15-,16+. The van der Waals surface area contributed by atoms with E-state index in [2.05, 4.69) is 9.44 Å². The van der Waals surface area contributed by atoms with Gasteiger partial charge in [-0.15, -0.1) is 0 Å². The number of hydrogen-bond donors (Lipinski definition) is 2. The molecule has 0 bridgehead atoms. The molecular formula is C20H26N2O6S2. The molecule has 2 N–H and O–H groups in total. The molecule has 30 heavy (non-hydrogen) atoms. The molecule has 2 atom stereocenters. The topological polar surface area (TPSA) is 111 Å². The highest BCUT2D eigenvalue weighted by atomic mass is 32.2. The zero-order chi connectivity index (χ0) is 21.2. The molecule has 2 saturated heterocycles. The van der Waals surface area contributed by atoms with E-state index in [-0.39, 0.29) is 35.1 Å². The molecule has 10 heteroatoms. The Bertz CT molecular complexity index is 1020. The van der Waals surface area contributed by atoms with Crippen molar-refractivity contribution >= 4 is 30.8 Å². The van der Waals surface area contributed by atoms with Gasteiger partial charge >= 0.3 is 0 Å². The Labute approximate surface area is 177 Å². The summed E-state index contributed by atoms with van der Waals surface area (Å²) in [4.78, 5) is 0.100. The lowest BCUT2D eigenvalue weighted by molar-refractivity contribution is 0.114. The van der Waals surface area contributed by atoms with Crippen LogP contribution in [-0.2, 0) is 29.5 Å². The molecule has 4 rings (SSSR count). The Balaban J connectivity index is 1.62. The second-order valence-electron chi connectivity index (χ2n) is 7.58. The van der Waals surface area contributed by atoms with Crippen molar-refractivity contribution in [3.63, 3.8) is 0 Å². The maximum atomic E-state index is 12.9. The fourth-order valence-electron chi connectivity index (χ4n) is 3.89. The molecule has 2 aromatic carbocycles. The van der Waals surface area contributed by atoms with Crippen molar-refractivity contribution in [2.75, 3.05) is 26.3 Å². The van der Waals surface area contributed by atoms with Gasteiger partial charge in [0.15, 0.2) is 0 Å². The van der Waals surface area contributed by atoms with Crippen molar-refractivity contribution in [1.82, 2.24) is 9.44 Å². The van der Waals surface area contributed by atoms with Gasteiger partial charge in [-0.25, -0.2) is 26.3 Å². The van der Waals surface area contributed by atoms with E-state index in [9.17, 15) is 16.8 Å². The summed E-state index contributed by atoms with van der Waals surface area (Å²) in [7, 11) is -7.65. The van der Waals surface area contributed by atoms with Crippen LogP contribution in [0, 0.1) is 0 Å². The third-order valence-electron chi connectivity index (χ3n) is 5.47. The average molecular weight is 455 g/mol. The predicted molar refractivity (Wildman–Crippen MR) is 112 cm³/mol. The quantitative estimate of drug-likeness (QED) is 0.629. The molecule has 2 aromatic rings. The Morgan fingerprint density at radius 1 is 0.733 bits per heavy atom. The predicted octanol–water partition coefficient (Wildman–Crippen LogP) is 1.75. The van der Waals surface area contributed by atoms with Crippen molar-refractivity contribution in [2.24, 2.45) is 0 Å². The highest BCUT2D eigenvalue weighted by molar-refractivity contribution is 7.90. The highest BCUT2D eigenvalue weighted by Crippen LogP contribution is 2.28. The summed E-state index contributed by atoms with van der Waals surface area (Å²) in [5, 5.41) is 0.717. The van der Waals surface area contributed by atoms with Crippen LogP contribution in [0.1, 0.15) is 25.7 Å². The number of fused-ring (bicyclic) bond motifs is 1. The minimum Gasteiger partial charge on any atom is -0.377 e.